The van der Waals surface area contributed by atoms with Gasteiger partial charge in [-0.05, 0) is 46.0 Å². The highest BCUT2D eigenvalue weighted by atomic mass is 19.1. The van der Waals surface area contributed by atoms with Crippen LogP contribution in [0.15, 0.2) is 24.3 Å². The van der Waals surface area contributed by atoms with Crippen molar-refractivity contribution in [2.45, 2.75) is 31.0 Å². The van der Waals surface area contributed by atoms with Crippen molar-refractivity contribution in [2.75, 3.05) is 20.6 Å². The molecule has 1 amide bonds. The zero-order chi connectivity index (χ0) is 15.0. The van der Waals surface area contributed by atoms with Crippen molar-refractivity contribution in [1.29, 1.82) is 0 Å². The molecule has 1 fully saturated rings. The van der Waals surface area contributed by atoms with Gasteiger partial charge in [0, 0.05) is 12.1 Å². The van der Waals surface area contributed by atoms with Gasteiger partial charge < -0.3 is 10.2 Å². The highest BCUT2D eigenvalue weighted by Crippen LogP contribution is 2.37. The molecular formula is C15H20F2N2O. The maximum Gasteiger partial charge on any atom is 0.262 e. The summed E-state index contributed by atoms with van der Waals surface area (Å²) >= 11 is 0. The Labute approximate surface area is 118 Å². The van der Waals surface area contributed by atoms with Crippen LogP contribution in [-0.4, -0.2) is 37.0 Å². The van der Waals surface area contributed by atoms with Gasteiger partial charge in [0.15, 0.2) is 0 Å². The number of halogens is 2. The molecule has 0 saturated heterocycles. The van der Waals surface area contributed by atoms with Crippen LogP contribution < -0.4 is 5.32 Å². The average Bonchev–Trinajstić information content (AvgIpc) is 3.07. The van der Waals surface area contributed by atoms with E-state index in [1.165, 1.54) is 25.1 Å². The van der Waals surface area contributed by atoms with Gasteiger partial charge in [0.05, 0.1) is 5.54 Å². The van der Waals surface area contributed by atoms with Crippen LogP contribution in [0.1, 0.15) is 25.3 Å². The first kappa shape index (κ1) is 14.9. The molecule has 2 rings (SSSR count). The Morgan fingerprint density at radius 2 is 2.10 bits per heavy atom. The Morgan fingerprint density at radius 3 is 2.60 bits per heavy atom. The number of rotatable bonds is 5. The first-order chi connectivity index (χ1) is 9.25. The first-order valence-corrected chi connectivity index (χ1v) is 6.67. The molecule has 20 heavy (non-hydrogen) atoms. The number of hydrogen-bond donors (Lipinski definition) is 1. The van der Waals surface area contributed by atoms with Crippen LogP contribution in [0.25, 0.3) is 0 Å². The molecule has 1 saturated carbocycles. The molecule has 1 aliphatic rings. The number of nitrogens with one attached hydrogen (secondary N) is 1. The lowest BCUT2D eigenvalue weighted by Gasteiger charge is -2.26. The molecular weight excluding hydrogens is 262 g/mol. The van der Waals surface area contributed by atoms with Crippen molar-refractivity contribution in [2.24, 2.45) is 0 Å². The Balaban J connectivity index is 2.12. The van der Waals surface area contributed by atoms with Gasteiger partial charge in [0.25, 0.3) is 5.91 Å². The lowest BCUT2D eigenvalue weighted by atomic mass is 9.96. The SMILES string of the molecule is CN(C)CC1(NC(=O)[C@](C)(F)c2cccc(F)c2)CC1. The Hall–Kier alpha value is -1.49. The predicted molar refractivity (Wildman–Crippen MR) is 73.5 cm³/mol. The number of benzene rings is 1. The summed E-state index contributed by atoms with van der Waals surface area (Å²) in [5.74, 6) is -1.25. The summed E-state index contributed by atoms with van der Waals surface area (Å²) in [5.41, 5.74) is -2.53. The smallest absolute Gasteiger partial charge is 0.262 e. The van der Waals surface area contributed by atoms with Crippen LogP contribution in [0.2, 0.25) is 0 Å². The normalized spacial score (nSPS) is 19.5. The molecule has 1 atom stereocenters. The second-order valence-corrected chi connectivity index (χ2v) is 5.99. The summed E-state index contributed by atoms with van der Waals surface area (Å²) < 4.78 is 27.9. The topological polar surface area (TPSA) is 32.3 Å². The second kappa shape index (κ2) is 5.13. The van der Waals surface area contributed by atoms with Crippen LogP contribution >= 0.6 is 0 Å². The average molecular weight is 282 g/mol. The van der Waals surface area contributed by atoms with Crippen molar-refractivity contribution in [3.8, 4) is 0 Å². The molecule has 0 spiro atoms. The molecule has 0 unspecified atom stereocenters. The fourth-order valence-electron chi connectivity index (χ4n) is 2.35. The van der Waals surface area contributed by atoms with E-state index >= 15 is 0 Å². The minimum absolute atomic E-state index is 0.0376. The molecule has 0 radical (unpaired) electrons. The molecule has 5 heteroatoms. The molecule has 1 aromatic rings. The van der Waals surface area contributed by atoms with E-state index in [4.69, 9.17) is 0 Å². The van der Waals surface area contributed by atoms with Crippen LogP contribution in [0.5, 0.6) is 0 Å². The number of carbonyl (C=O) groups excluding carboxylic acids is 1. The minimum Gasteiger partial charge on any atom is -0.346 e. The lowest BCUT2D eigenvalue weighted by molar-refractivity contribution is -0.133. The third-order valence-corrected chi connectivity index (χ3v) is 3.64. The molecule has 0 aliphatic heterocycles. The van der Waals surface area contributed by atoms with Crippen molar-refractivity contribution in [1.82, 2.24) is 10.2 Å². The van der Waals surface area contributed by atoms with Crippen molar-refractivity contribution in [3.63, 3.8) is 0 Å². The highest BCUT2D eigenvalue weighted by Gasteiger charge is 2.48. The number of amides is 1. The summed E-state index contributed by atoms with van der Waals surface area (Å²) in [6.07, 6.45) is 1.69. The van der Waals surface area contributed by atoms with E-state index < -0.39 is 17.4 Å². The van der Waals surface area contributed by atoms with Crippen LogP contribution in [-0.2, 0) is 10.5 Å². The fourth-order valence-corrected chi connectivity index (χ4v) is 2.35. The molecule has 0 heterocycles. The van der Waals surface area contributed by atoms with E-state index in [0.717, 1.165) is 18.9 Å². The maximum absolute atomic E-state index is 14.7. The van der Waals surface area contributed by atoms with Gasteiger partial charge in [0.1, 0.15) is 5.82 Å². The summed E-state index contributed by atoms with van der Waals surface area (Å²) in [4.78, 5) is 14.1. The molecule has 0 bridgehead atoms. The summed E-state index contributed by atoms with van der Waals surface area (Å²) in [6.45, 7) is 1.85. The second-order valence-electron chi connectivity index (χ2n) is 5.99. The summed E-state index contributed by atoms with van der Waals surface area (Å²) in [5, 5.41) is 2.78. The van der Waals surface area contributed by atoms with E-state index in [2.05, 4.69) is 5.32 Å². The van der Waals surface area contributed by atoms with E-state index in [1.807, 2.05) is 19.0 Å². The Kier molecular flexibility index (Phi) is 3.82. The van der Waals surface area contributed by atoms with Crippen molar-refractivity contribution >= 4 is 5.91 Å². The maximum atomic E-state index is 14.7. The Bertz CT molecular complexity index is 510. The Morgan fingerprint density at radius 1 is 1.45 bits per heavy atom. The zero-order valence-corrected chi connectivity index (χ0v) is 12.0. The number of nitrogens with zero attached hydrogens (tertiary/aromatic N) is 1. The third kappa shape index (κ3) is 3.15. The van der Waals surface area contributed by atoms with Crippen molar-refractivity contribution < 1.29 is 13.6 Å². The summed E-state index contributed by atoms with van der Waals surface area (Å²) in [6, 6.07) is 5.12. The third-order valence-electron chi connectivity index (χ3n) is 3.64. The van der Waals surface area contributed by atoms with Gasteiger partial charge in [0.2, 0.25) is 5.67 Å². The van der Waals surface area contributed by atoms with Crippen LogP contribution in [0.3, 0.4) is 0 Å². The van der Waals surface area contributed by atoms with Crippen LogP contribution in [0, 0.1) is 5.82 Å². The number of likely N-dealkylation sites (N-methyl/N-ethyl adjacent to an activating group) is 1. The zero-order valence-electron chi connectivity index (χ0n) is 12.0. The molecule has 3 nitrogen and oxygen atoms in total. The molecule has 110 valence electrons. The first-order valence-electron chi connectivity index (χ1n) is 6.67. The number of carbonyl (C=O) groups is 1. The van der Waals surface area contributed by atoms with E-state index in [9.17, 15) is 13.6 Å². The van der Waals surface area contributed by atoms with Gasteiger partial charge in [-0.2, -0.15) is 0 Å². The molecule has 0 aromatic heterocycles. The monoisotopic (exact) mass is 282 g/mol. The largest absolute Gasteiger partial charge is 0.346 e. The summed E-state index contributed by atoms with van der Waals surface area (Å²) in [7, 11) is 3.82. The lowest BCUT2D eigenvalue weighted by Crippen LogP contribution is -2.49. The van der Waals surface area contributed by atoms with Gasteiger partial charge >= 0.3 is 0 Å². The van der Waals surface area contributed by atoms with Gasteiger partial charge in [-0.15, -0.1) is 0 Å². The molecule has 1 N–H and O–H groups in total. The number of hydrogen-bond acceptors (Lipinski definition) is 2. The molecule has 1 aliphatic carbocycles. The van der Waals surface area contributed by atoms with Crippen molar-refractivity contribution in [3.05, 3.63) is 35.6 Å². The highest BCUT2D eigenvalue weighted by molar-refractivity contribution is 5.87. The standard InChI is InChI=1S/C15H20F2N2O/c1-14(17,11-5-4-6-12(16)9-11)13(20)18-15(7-8-15)10-19(2)3/h4-6,9H,7-8,10H2,1-3H3,(H,18,20)/t14-/m1/s1. The minimum atomic E-state index is -2.23. The van der Waals surface area contributed by atoms with Crippen LogP contribution in [0.4, 0.5) is 8.78 Å². The van der Waals surface area contributed by atoms with E-state index in [0.29, 0.717) is 6.54 Å². The van der Waals surface area contributed by atoms with Gasteiger partial charge in [-0.25, -0.2) is 8.78 Å². The number of alkyl halides is 1. The molecule has 1 aromatic carbocycles. The fraction of sp³-hybridized carbons (Fsp3) is 0.533. The van der Waals surface area contributed by atoms with E-state index in [1.54, 1.807) is 0 Å². The van der Waals surface area contributed by atoms with E-state index in [-0.39, 0.29) is 11.1 Å². The quantitative estimate of drug-likeness (QED) is 0.898. The van der Waals surface area contributed by atoms with Gasteiger partial charge in [-0.3, -0.25) is 4.79 Å². The predicted octanol–water partition coefficient (Wildman–Crippen LogP) is 2.22. The van der Waals surface area contributed by atoms with Gasteiger partial charge in [-0.1, -0.05) is 12.1 Å².